The molecule has 1 unspecified atom stereocenters. The molecule has 0 radical (unpaired) electrons. The van der Waals surface area contributed by atoms with E-state index in [0.717, 1.165) is 47.8 Å². The molecule has 1 fully saturated rings. The number of aromatic nitrogens is 5. The molecule has 8 heteroatoms. The van der Waals surface area contributed by atoms with E-state index in [9.17, 15) is 5.26 Å². The van der Waals surface area contributed by atoms with Gasteiger partial charge >= 0.3 is 0 Å². The van der Waals surface area contributed by atoms with Crippen LogP contribution in [0.3, 0.4) is 0 Å². The highest BCUT2D eigenvalue weighted by Crippen LogP contribution is 2.41. The Kier molecular flexibility index (Phi) is 6.49. The van der Waals surface area contributed by atoms with Crippen molar-refractivity contribution >= 4 is 19.1 Å². The largest absolute Gasteiger partial charge is 0.361 e. The lowest BCUT2D eigenvalue weighted by Gasteiger charge is -2.34. The van der Waals surface area contributed by atoms with Crippen LogP contribution >= 0.6 is 0 Å². The number of hydrogen-bond donors (Lipinski definition) is 0. The third-order valence-corrected chi connectivity index (χ3v) is 8.54. The second-order valence-electron chi connectivity index (χ2n) is 10.4. The smallest absolute Gasteiger partial charge is 0.145 e. The maximum Gasteiger partial charge on any atom is 0.145 e. The van der Waals surface area contributed by atoms with Crippen LogP contribution < -0.4 is 0 Å². The molecule has 7 nitrogen and oxygen atoms in total. The zero-order valence-electron chi connectivity index (χ0n) is 19.7. The van der Waals surface area contributed by atoms with E-state index in [0.29, 0.717) is 19.1 Å². The summed E-state index contributed by atoms with van der Waals surface area (Å²) in [6, 6.07) is 5.60. The number of hydrogen-bond acceptors (Lipinski definition) is 5. The maximum absolute atomic E-state index is 9.50. The summed E-state index contributed by atoms with van der Waals surface area (Å²) in [5.41, 5.74) is 2.40. The van der Waals surface area contributed by atoms with Crippen molar-refractivity contribution in [3.8, 4) is 17.3 Å². The van der Waals surface area contributed by atoms with Crippen molar-refractivity contribution in [1.82, 2.24) is 24.3 Å². The second kappa shape index (κ2) is 9.16. The summed E-state index contributed by atoms with van der Waals surface area (Å²) in [6.45, 7) is 10.5. The lowest BCUT2D eigenvalue weighted by atomic mass is 9.82. The van der Waals surface area contributed by atoms with Gasteiger partial charge in [-0.25, -0.2) is 9.97 Å². The lowest BCUT2D eigenvalue weighted by Crippen LogP contribution is -2.37. The molecule has 0 amide bonds. The van der Waals surface area contributed by atoms with Crippen molar-refractivity contribution in [2.75, 3.05) is 6.61 Å². The number of rotatable bonds is 9. The van der Waals surface area contributed by atoms with Crippen LogP contribution in [0.4, 0.5) is 0 Å². The molecule has 1 atom stereocenters. The van der Waals surface area contributed by atoms with Crippen molar-refractivity contribution in [2.45, 2.75) is 77.0 Å². The Hall–Kier alpha value is -2.50. The molecule has 1 aliphatic carbocycles. The molecule has 4 rings (SSSR count). The van der Waals surface area contributed by atoms with Gasteiger partial charge in [-0.1, -0.05) is 32.5 Å². The molecule has 0 bridgehead atoms. The monoisotopic (exact) mass is 450 g/mol. The van der Waals surface area contributed by atoms with Crippen molar-refractivity contribution in [3.05, 3.63) is 31.0 Å². The summed E-state index contributed by atoms with van der Waals surface area (Å²) >= 11 is 0. The minimum absolute atomic E-state index is 0.286. The van der Waals surface area contributed by atoms with Gasteiger partial charge in [-0.3, -0.25) is 4.68 Å². The number of nitriles is 1. The third-order valence-electron chi connectivity index (χ3n) is 6.83. The van der Waals surface area contributed by atoms with E-state index < -0.39 is 8.07 Å². The van der Waals surface area contributed by atoms with Crippen LogP contribution in [0.2, 0.25) is 25.7 Å². The van der Waals surface area contributed by atoms with E-state index in [4.69, 9.17) is 9.84 Å². The molecule has 0 spiro atoms. The SMILES string of the molecule is CC(CC#N)(C1CCCC1)n1cc(-c2ncnc3c2ccn3COCC[Si](C)(C)C)cn1. The van der Waals surface area contributed by atoms with Crippen molar-refractivity contribution in [2.24, 2.45) is 5.92 Å². The number of nitrogens with zero attached hydrogens (tertiary/aromatic N) is 6. The van der Waals surface area contributed by atoms with Crippen molar-refractivity contribution < 1.29 is 4.74 Å². The molecular formula is C24H34N6OSi. The van der Waals surface area contributed by atoms with Gasteiger partial charge in [0.1, 0.15) is 18.7 Å². The predicted octanol–water partition coefficient (Wildman–Crippen LogP) is 5.43. The van der Waals surface area contributed by atoms with E-state index >= 15 is 0 Å². The van der Waals surface area contributed by atoms with Crippen molar-refractivity contribution in [3.63, 3.8) is 0 Å². The van der Waals surface area contributed by atoms with E-state index in [1.807, 2.05) is 21.6 Å². The summed E-state index contributed by atoms with van der Waals surface area (Å²) in [6.07, 6.45) is 12.8. The molecule has 1 saturated carbocycles. The minimum atomic E-state index is -1.10. The quantitative estimate of drug-likeness (QED) is 0.321. The molecule has 170 valence electrons. The molecule has 3 aromatic heterocycles. The van der Waals surface area contributed by atoms with Gasteiger partial charge < -0.3 is 9.30 Å². The first kappa shape index (κ1) is 22.7. The first-order chi connectivity index (χ1) is 15.3. The van der Waals surface area contributed by atoms with Gasteiger partial charge in [-0.05, 0) is 37.8 Å². The molecular weight excluding hydrogens is 416 g/mol. The van der Waals surface area contributed by atoms with Crippen LogP contribution in [0.15, 0.2) is 31.0 Å². The van der Waals surface area contributed by atoms with Gasteiger partial charge in [-0.2, -0.15) is 10.4 Å². The zero-order chi connectivity index (χ0) is 22.8. The Morgan fingerprint density at radius 2 is 2.03 bits per heavy atom. The molecule has 0 aliphatic heterocycles. The average Bonchev–Trinajstić information content (AvgIpc) is 3.51. The fraction of sp³-hybridized carbons (Fsp3) is 0.583. The van der Waals surface area contributed by atoms with Gasteiger partial charge in [-0.15, -0.1) is 0 Å². The van der Waals surface area contributed by atoms with Gasteiger partial charge in [0.05, 0.1) is 29.9 Å². The summed E-state index contributed by atoms with van der Waals surface area (Å²) < 4.78 is 9.97. The fourth-order valence-corrected chi connectivity index (χ4v) is 5.48. The van der Waals surface area contributed by atoms with Crippen LogP contribution in [0.25, 0.3) is 22.3 Å². The highest BCUT2D eigenvalue weighted by Gasteiger charge is 2.38. The van der Waals surface area contributed by atoms with Crippen LogP contribution in [0.5, 0.6) is 0 Å². The third kappa shape index (κ3) is 4.64. The van der Waals surface area contributed by atoms with Gasteiger partial charge in [0.25, 0.3) is 0 Å². The van der Waals surface area contributed by atoms with E-state index in [1.54, 1.807) is 6.33 Å². The Morgan fingerprint density at radius 1 is 1.25 bits per heavy atom. The maximum atomic E-state index is 9.50. The van der Waals surface area contributed by atoms with Crippen LogP contribution in [-0.2, 0) is 17.0 Å². The van der Waals surface area contributed by atoms with Crippen LogP contribution in [0.1, 0.15) is 39.0 Å². The molecule has 0 saturated heterocycles. The molecule has 3 aromatic rings. The average molecular weight is 451 g/mol. The molecule has 1 aliphatic rings. The first-order valence-electron chi connectivity index (χ1n) is 11.6. The van der Waals surface area contributed by atoms with E-state index in [1.165, 1.54) is 12.8 Å². The van der Waals surface area contributed by atoms with E-state index in [-0.39, 0.29) is 5.54 Å². The van der Waals surface area contributed by atoms with E-state index in [2.05, 4.69) is 54.9 Å². The van der Waals surface area contributed by atoms with Crippen LogP contribution in [-0.4, -0.2) is 39.0 Å². The highest BCUT2D eigenvalue weighted by atomic mass is 28.3. The molecule has 0 N–H and O–H groups in total. The number of fused-ring (bicyclic) bond motifs is 1. The molecule has 0 aromatic carbocycles. The highest BCUT2D eigenvalue weighted by molar-refractivity contribution is 6.76. The Morgan fingerprint density at radius 3 is 2.75 bits per heavy atom. The minimum Gasteiger partial charge on any atom is -0.361 e. The molecule has 32 heavy (non-hydrogen) atoms. The number of ether oxygens (including phenoxy) is 1. The lowest BCUT2D eigenvalue weighted by molar-refractivity contribution is 0.0899. The zero-order valence-corrected chi connectivity index (χ0v) is 20.7. The van der Waals surface area contributed by atoms with Crippen LogP contribution in [0, 0.1) is 17.2 Å². The Balaban J connectivity index is 1.58. The van der Waals surface area contributed by atoms with Gasteiger partial charge in [0, 0.05) is 38.0 Å². The summed E-state index contributed by atoms with van der Waals surface area (Å²) in [5, 5.41) is 15.2. The Labute approximate surface area is 191 Å². The fourth-order valence-electron chi connectivity index (χ4n) is 4.72. The molecule has 3 heterocycles. The topological polar surface area (TPSA) is 81.5 Å². The van der Waals surface area contributed by atoms with Gasteiger partial charge in [0.15, 0.2) is 0 Å². The van der Waals surface area contributed by atoms with Gasteiger partial charge in [0.2, 0.25) is 0 Å². The second-order valence-corrected chi connectivity index (χ2v) is 16.1. The predicted molar refractivity (Wildman–Crippen MR) is 129 cm³/mol. The Bertz CT molecular complexity index is 1100. The first-order valence-corrected chi connectivity index (χ1v) is 15.3. The summed E-state index contributed by atoms with van der Waals surface area (Å²) in [4.78, 5) is 9.09. The standard InChI is InChI=1S/C24H34N6OSi/c1-24(10-11-25,20-7-5-6-8-20)30-16-19(15-28-30)22-21-9-12-29(23(21)27-17-26-22)18-31-13-14-32(2,3)4/h9,12,15-17,20H,5-8,10,13-14,18H2,1-4H3. The normalized spacial score (nSPS) is 17.0. The summed E-state index contributed by atoms with van der Waals surface area (Å²) in [5.74, 6) is 0.481. The van der Waals surface area contributed by atoms with Crippen molar-refractivity contribution in [1.29, 1.82) is 5.26 Å². The summed E-state index contributed by atoms with van der Waals surface area (Å²) in [7, 11) is -1.10.